The van der Waals surface area contributed by atoms with Gasteiger partial charge < -0.3 is 15.4 Å². The quantitative estimate of drug-likeness (QED) is 0.711. The number of fused-ring (bicyclic) bond motifs is 1. The maximum Gasteiger partial charge on any atom is 0.410 e. The molecule has 0 saturated carbocycles. The molecule has 28 heavy (non-hydrogen) atoms. The van der Waals surface area contributed by atoms with Crippen LogP contribution >= 0.6 is 0 Å². The van der Waals surface area contributed by atoms with E-state index in [2.05, 4.69) is 21.8 Å². The number of anilines is 1. The van der Waals surface area contributed by atoms with Gasteiger partial charge in [-0.25, -0.2) is 9.78 Å². The number of hydrogen-bond donors (Lipinski definition) is 1. The average Bonchev–Trinajstić information content (AvgIpc) is 2.57. The van der Waals surface area contributed by atoms with Gasteiger partial charge in [-0.3, -0.25) is 4.98 Å². The van der Waals surface area contributed by atoms with E-state index in [1.807, 2.05) is 52.8 Å². The van der Waals surface area contributed by atoms with Gasteiger partial charge in [-0.2, -0.15) is 0 Å². The summed E-state index contributed by atoms with van der Waals surface area (Å²) in [5, 5.41) is 0. The Balaban J connectivity index is 1.85. The number of aromatic nitrogens is 2. The van der Waals surface area contributed by atoms with Gasteiger partial charge in [-0.1, -0.05) is 5.92 Å². The maximum atomic E-state index is 12.4. The highest BCUT2D eigenvalue weighted by molar-refractivity contribution is 5.69. The van der Waals surface area contributed by atoms with E-state index in [9.17, 15) is 4.79 Å². The van der Waals surface area contributed by atoms with Gasteiger partial charge in [0.1, 0.15) is 11.3 Å². The van der Waals surface area contributed by atoms with E-state index in [1.54, 1.807) is 4.90 Å². The lowest BCUT2D eigenvalue weighted by Gasteiger charge is -2.30. The van der Waals surface area contributed by atoms with E-state index in [4.69, 9.17) is 10.5 Å². The topological polar surface area (TPSA) is 81.3 Å². The van der Waals surface area contributed by atoms with Crippen molar-refractivity contribution < 1.29 is 9.53 Å². The number of carbonyl (C=O) groups excluding carboxylic acids is 1. The fourth-order valence-corrected chi connectivity index (χ4v) is 3.10. The summed E-state index contributed by atoms with van der Waals surface area (Å²) >= 11 is 0. The highest BCUT2D eigenvalue weighted by Crippen LogP contribution is 2.23. The Morgan fingerprint density at radius 3 is 2.46 bits per heavy atom. The maximum absolute atomic E-state index is 12.4. The zero-order chi connectivity index (χ0) is 20.5. The first kappa shape index (κ1) is 19.7. The monoisotopic (exact) mass is 378 g/mol. The lowest BCUT2D eigenvalue weighted by molar-refractivity contribution is 0.0221. The van der Waals surface area contributed by atoms with Crippen molar-refractivity contribution in [1.82, 2.24) is 14.9 Å². The first-order valence-corrected chi connectivity index (χ1v) is 9.34. The number of carbonyl (C=O) groups is 1. The minimum atomic E-state index is -0.524. The second kappa shape index (κ2) is 7.51. The Labute approximate surface area is 166 Å². The van der Waals surface area contributed by atoms with Gasteiger partial charge in [0.05, 0.1) is 17.9 Å². The van der Waals surface area contributed by atoms with E-state index in [1.165, 1.54) is 0 Å². The molecule has 3 rings (SSSR count). The molecule has 0 aromatic carbocycles. The number of ether oxygens (including phenoxy) is 1. The van der Waals surface area contributed by atoms with Gasteiger partial charge in [0.2, 0.25) is 0 Å². The molecule has 0 bridgehead atoms. The van der Waals surface area contributed by atoms with Crippen LogP contribution in [0, 0.1) is 25.7 Å². The number of amides is 1. The van der Waals surface area contributed by atoms with Crippen molar-refractivity contribution in [2.75, 3.05) is 12.3 Å². The van der Waals surface area contributed by atoms with Crippen LogP contribution in [0.3, 0.4) is 0 Å². The molecule has 2 N–H and O–H groups in total. The lowest BCUT2D eigenvalue weighted by Crippen LogP contribution is -2.40. The highest BCUT2D eigenvalue weighted by Gasteiger charge is 2.26. The van der Waals surface area contributed by atoms with Crippen LogP contribution in [0.1, 0.15) is 54.7 Å². The largest absolute Gasteiger partial charge is 0.444 e. The Morgan fingerprint density at radius 1 is 1.14 bits per heavy atom. The summed E-state index contributed by atoms with van der Waals surface area (Å²) in [4.78, 5) is 23.0. The van der Waals surface area contributed by atoms with Crippen LogP contribution in [0.4, 0.5) is 10.5 Å². The third-order valence-electron chi connectivity index (χ3n) is 4.27. The molecule has 0 saturated heterocycles. The number of pyridine rings is 2. The number of rotatable bonds is 0. The lowest BCUT2D eigenvalue weighted by atomic mass is 10.0. The van der Waals surface area contributed by atoms with Gasteiger partial charge in [-0.15, -0.1) is 0 Å². The van der Waals surface area contributed by atoms with Crippen LogP contribution < -0.4 is 5.73 Å². The molecule has 0 radical (unpaired) electrons. The molecule has 146 valence electrons. The fourth-order valence-electron chi connectivity index (χ4n) is 3.10. The summed E-state index contributed by atoms with van der Waals surface area (Å²) in [7, 11) is 0. The molecule has 0 unspecified atom stereocenters. The second-order valence-electron chi connectivity index (χ2n) is 8.07. The summed E-state index contributed by atoms with van der Waals surface area (Å²) in [6, 6.07) is 5.78. The Morgan fingerprint density at radius 2 is 1.82 bits per heavy atom. The van der Waals surface area contributed by atoms with E-state index < -0.39 is 5.60 Å². The number of nitrogens with two attached hydrogens (primary N) is 1. The molecule has 6 heteroatoms. The zero-order valence-electron chi connectivity index (χ0n) is 17.1. The van der Waals surface area contributed by atoms with Gasteiger partial charge in [-0.05, 0) is 70.7 Å². The molecular weight excluding hydrogens is 352 g/mol. The molecule has 0 fully saturated rings. The van der Waals surface area contributed by atoms with Crippen LogP contribution in [-0.2, 0) is 17.7 Å². The van der Waals surface area contributed by atoms with Gasteiger partial charge in [0.25, 0.3) is 0 Å². The van der Waals surface area contributed by atoms with E-state index in [0.29, 0.717) is 30.9 Å². The summed E-state index contributed by atoms with van der Waals surface area (Å²) in [5.74, 6) is 6.19. The van der Waals surface area contributed by atoms with Crippen molar-refractivity contribution in [2.24, 2.45) is 0 Å². The summed E-state index contributed by atoms with van der Waals surface area (Å²) in [6.45, 7) is 10.4. The summed E-state index contributed by atoms with van der Waals surface area (Å²) in [5.41, 5.74) is 11.3. The molecule has 0 atom stereocenters. The zero-order valence-corrected chi connectivity index (χ0v) is 17.1. The third kappa shape index (κ3) is 4.80. The van der Waals surface area contributed by atoms with Gasteiger partial charge in [0, 0.05) is 23.5 Å². The van der Waals surface area contributed by atoms with E-state index >= 15 is 0 Å². The molecule has 1 amide bonds. The number of aryl methyl sites for hydroxylation is 2. The molecule has 2 aromatic heterocycles. The van der Waals surface area contributed by atoms with Crippen LogP contribution in [0.5, 0.6) is 0 Å². The van der Waals surface area contributed by atoms with Crippen molar-refractivity contribution in [2.45, 2.75) is 53.2 Å². The van der Waals surface area contributed by atoms with Crippen LogP contribution in [-0.4, -0.2) is 33.1 Å². The molecular formula is C22H26N4O2. The van der Waals surface area contributed by atoms with Crippen LogP contribution in [0.25, 0.3) is 0 Å². The minimum Gasteiger partial charge on any atom is -0.444 e. The molecule has 2 aromatic rings. The predicted molar refractivity (Wildman–Crippen MR) is 109 cm³/mol. The third-order valence-corrected chi connectivity index (χ3v) is 4.27. The predicted octanol–water partition coefficient (Wildman–Crippen LogP) is 3.37. The Bertz CT molecular complexity index is 960. The Kier molecular flexibility index (Phi) is 5.28. The smallest absolute Gasteiger partial charge is 0.410 e. The molecule has 0 spiro atoms. The Hall–Kier alpha value is -3.07. The molecule has 1 aliphatic rings. The fraction of sp³-hybridized carbons (Fsp3) is 0.409. The normalized spacial score (nSPS) is 13.4. The first-order valence-electron chi connectivity index (χ1n) is 9.34. The second-order valence-corrected chi connectivity index (χ2v) is 8.07. The molecule has 0 aliphatic carbocycles. The SMILES string of the molecule is Cc1cc(C#Cc2nc3c(cc2N)CCN(C(=O)OC(C)(C)C)C3)cc(C)n1. The van der Waals surface area contributed by atoms with Crippen molar-refractivity contribution in [1.29, 1.82) is 0 Å². The number of nitrogens with zero attached hydrogens (tertiary/aromatic N) is 3. The standard InChI is InChI=1S/C22H26N4O2/c1-14-10-16(11-15(2)24-14)6-7-19-18(23)12-17-8-9-26(13-20(17)25-19)21(27)28-22(3,4)5/h10-12H,8-9,13,23H2,1-5H3. The van der Waals surface area contributed by atoms with Gasteiger partial charge in [0.15, 0.2) is 0 Å². The summed E-state index contributed by atoms with van der Waals surface area (Å²) in [6.07, 6.45) is 0.370. The van der Waals surface area contributed by atoms with E-state index in [0.717, 1.165) is 28.2 Å². The van der Waals surface area contributed by atoms with Crippen molar-refractivity contribution >= 4 is 11.8 Å². The molecule has 3 heterocycles. The molecule has 6 nitrogen and oxygen atoms in total. The van der Waals surface area contributed by atoms with Crippen molar-refractivity contribution in [3.63, 3.8) is 0 Å². The van der Waals surface area contributed by atoms with Crippen LogP contribution in [0.15, 0.2) is 18.2 Å². The molecule has 1 aliphatic heterocycles. The van der Waals surface area contributed by atoms with Crippen molar-refractivity contribution in [3.8, 4) is 11.8 Å². The average molecular weight is 378 g/mol. The summed E-state index contributed by atoms with van der Waals surface area (Å²) < 4.78 is 5.47. The number of hydrogen-bond acceptors (Lipinski definition) is 5. The number of nitrogen functional groups attached to an aromatic ring is 1. The van der Waals surface area contributed by atoms with Crippen LogP contribution in [0.2, 0.25) is 0 Å². The first-order chi connectivity index (χ1) is 13.1. The van der Waals surface area contributed by atoms with Gasteiger partial charge >= 0.3 is 6.09 Å². The van der Waals surface area contributed by atoms with Crippen molar-refractivity contribution in [3.05, 3.63) is 52.1 Å². The highest BCUT2D eigenvalue weighted by atomic mass is 16.6. The minimum absolute atomic E-state index is 0.327. The van der Waals surface area contributed by atoms with E-state index in [-0.39, 0.29) is 6.09 Å².